The Labute approximate surface area is 277 Å². The molecule has 0 N–H and O–H groups in total. The molecule has 41 heavy (non-hydrogen) atoms. The third-order valence-corrected chi connectivity index (χ3v) is 9.49. The molecule has 1 unspecified atom stereocenters. The summed E-state index contributed by atoms with van der Waals surface area (Å²) in [4.78, 5) is 0. The number of allylic oxidation sites excluding steroid dienone is 4. The molecule has 0 aromatic heterocycles. The average molecular weight is 663 g/mol. The van der Waals surface area contributed by atoms with Crippen molar-refractivity contribution in [1.29, 1.82) is 0 Å². The van der Waals surface area contributed by atoms with E-state index in [2.05, 4.69) is 115 Å². The van der Waals surface area contributed by atoms with Gasteiger partial charge in [-0.1, -0.05) is 88.8 Å². The normalized spacial score (nSPS) is 17.3. The van der Waals surface area contributed by atoms with Gasteiger partial charge < -0.3 is 24.8 Å². The second kappa shape index (κ2) is 15.8. The molecule has 0 saturated heterocycles. The van der Waals surface area contributed by atoms with Gasteiger partial charge in [-0.2, -0.15) is 34.9 Å². The zero-order valence-electron chi connectivity index (χ0n) is 25.8. The van der Waals surface area contributed by atoms with Crippen LogP contribution in [0.25, 0.3) is 11.1 Å². The van der Waals surface area contributed by atoms with E-state index in [9.17, 15) is 0 Å². The average Bonchev–Trinajstić information content (AvgIpc) is 3.50. The topological polar surface area (TPSA) is 0 Å². The summed E-state index contributed by atoms with van der Waals surface area (Å²) in [7, 11) is 0. The van der Waals surface area contributed by atoms with Gasteiger partial charge in [0.05, 0.1) is 0 Å². The molecule has 6 rings (SSSR count). The van der Waals surface area contributed by atoms with E-state index in [0.29, 0.717) is 11.3 Å². The van der Waals surface area contributed by atoms with E-state index in [0.717, 1.165) is 6.42 Å². The first kappa shape index (κ1) is 35.7. The van der Waals surface area contributed by atoms with Gasteiger partial charge in [-0.25, -0.2) is 6.08 Å². The van der Waals surface area contributed by atoms with Crippen molar-refractivity contribution < 1.29 is 49.0 Å². The molecule has 216 valence electrons. The van der Waals surface area contributed by atoms with Gasteiger partial charge in [-0.05, 0) is 37.0 Å². The Morgan fingerprint density at radius 1 is 0.854 bits per heavy atom. The molecule has 3 aliphatic rings. The summed E-state index contributed by atoms with van der Waals surface area (Å²) in [6.45, 7) is 15.5. The van der Waals surface area contributed by atoms with Crippen LogP contribution in [0.5, 0.6) is 0 Å². The molecule has 0 nitrogen and oxygen atoms in total. The number of benzene rings is 3. The summed E-state index contributed by atoms with van der Waals surface area (Å²) in [5, 5.41) is 0. The molecule has 3 aromatic rings. The Balaban J connectivity index is 0.000000220. The molecule has 0 spiro atoms. The molecule has 1 fully saturated rings. The van der Waals surface area contributed by atoms with Crippen molar-refractivity contribution in [3.05, 3.63) is 117 Å². The predicted octanol–water partition coefficient (Wildman–Crippen LogP) is 3.97. The van der Waals surface area contributed by atoms with Crippen molar-refractivity contribution >= 4 is 3.21 Å². The van der Waals surface area contributed by atoms with Gasteiger partial charge in [0.2, 0.25) is 0 Å². The number of hydrogen-bond donors (Lipinski definition) is 0. The molecular weight excluding hydrogens is 619 g/mol. The molecule has 0 heterocycles. The first-order chi connectivity index (χ1) is 18.6. The van der Waals surface area contributed by atoms with Gasteiger partial charge in [-0.3, -0.25) is 6.08 Å². The minimum Gasteiger partial charge on any atom is -1.00 e. The fourth-order valence-corrected chi connectivity index (χ4v) is 6.33. The van der Waals surface area contributed by atoms with E-state index >= 15 is 0 Å². The van der Waals surface area contributed by atoms with Crippen LogP contribution in [0.1, 0.15) is 91.8 Å². The monoisotopic (exact) mass is 660 g/mol. The first-order valence-corrected chi connectivity index (χ1v) is 15.9. The Bertz CT molecular complexity index is 1340. The van der Waals surface area contributed by atoms with Crippen LogP contribution in [0.2, 0.25) is 0 Å². The Hall–Kier alpha value is -1.53. The van der Waals surface area contributed by atoms with Crippen molar-refractivity contribution in [2.24, 2.45) is 11.3 Å². The predicted molar refractivity (Wildman–Crippen MR) is 165 cm³/mol. The van der Waals surface area contributed by atoms with Crippen LogP contribution in [0.3, 0.4) is 0 Å². The van der Waals surface area contributed by atoms with Crippen LogP contribution in [0.15, 0.2) is 66.3 Å². The molecule has 0 amide bonds. The van der Waals surface area contributed by atoms with Crippen molar-refractivity contribution in [3.8, 4) is 11.1 Å². The van der Waals surface area contributed by atoms with Gasteiger partial charge in [0.25, 0.3) is 0 Å². The van der Waals surface area contributed by atoms with Gasteiger partial charge >= 0.3 is 70.3 Å². The number of aryl methyl sites for hydroxylation is 4. The zero-order chi connectivity index (χ0) is 28.2. The van der Waals surface area contributed by atoms with Gasteiger partial charge in [0, 0.05) is 0 Å². The smallest absolute Gasteiger partial charge is 0.0253 e. The molecule has 3 aromatic carbocycles. The SMILES string of the molecule is CC1[C-]=CC(C2(C)CCCCC2)=C1.C[C](=[Zr+2])c1ccccc1.Cc1[c-]c2c(cc1C)-c1cc(C)c(C)cc1C2.[Cl-].[Cl-]. The van der Waals surface area contributed by atoms with Crippen molar-refractivity contribution in [3.63, 3.8) is 0 Å². The summed E-state index contributed by atoms with van der Waals surface area (Å²) >= 11 is 1.51. The molecular formula is C38H44Cl2Zr-2. The number of rotatable bonds is 2. The van der Waals surface area contributed by atoms with E-state index < -0.39 is 0 Å². The van der Waals surface area contributed by atoms with Crippen LogP contribution in [0, 0.1) is 51.2 Å². The zero-order valence-corrected chi connectivity index (χ0v) is 29.8. The fraction of sp³-hybridized carbons (Fsp3) is 0.395. The fourth-order valence-electron chi connectivity index (χ4n) is 5.92. The van der Waals surface area contributed by atoms with Crippen LogP contribution in [-0.2, 0) is 30.7 Å². The minimum atomic E-state index is 0. The molecule has 3 aliphatic carbocycles. The second-order valence-electron chi connectivity index (χ2n) is 12.1. The summed E-state index contributed by atoms with van der Waals surface area (Å²) < 4.78 is 1.46. The first-order valence-electron chi connectivity index (χ1n) is 14.6. The second-order valence-corrected chi connectivity index (χ2v) is 13.9. The molecule has 1 saturated carbocycles. The van der Waals surface area contributed by atoms with Crippen LogP contribution < -0.4 is 24.8 Å². The number of fused-ring (bicyclic) bond motifs is 3. The van der Waals surface area contributed by atoms with E-state index in [-0.39, 0.29) is 24.8 Å². The minimum absolute atomic E-state index is 0. The van der Waals surface area contributed by atoms with Crippen LogP contribution in [0.4, 0.5) is 0 Å². The number of hydrogen-bond acceptors (Lipinski definition) is 0. The van der Waals surface area contributed by atoms with Gasteiger partial charge in [0.1, 0.15) is 0 Å². The van der Waals surface area contributed by atoms with Crippen LogP contribution >= 0.6 is 0 Å². The van der Waals surface area contributed by atoms with E-state index in [4.69, 9.17) is 0 Å². The summed E-state index contributed by atoms with van der Waals surface area (Å²) in [6.07, 6.45) is 16.1. The Morgan fingerprint density at radius 2 is 1.46 bits per heavy atom. The van der Waals surface area contributed by atoms with Crippen molar-refractivity contribution in [2.75, 3.05) is 0 Å². The van der Waals surface area contributed by atoms with Crippen molar-refractivity contribution in [2.45, 2.75) is 87.0 Å². The molecule has 3 heteroatoms. The Morgan fingerprint density at radius 3 is 2.02 bits per heavy atom. The van der Waals surface area contributed by atoms with Gasteiger partial charge in [0.15, 0.2) is 0 Å². The molecule has 1 atom stereocenters. The van der Waals surface area contributed by atoms with Crippen LogP contribution in [-0.4, -0.2) is 3.21 Å². The summed E-state index contributed by atoms with van der Waals surface area (Å²) in [5.41, 5.74) is 14.5. The summed E-state index contributed by atoms with van der Waals surface area (Å²) in [6, 6.07) is 21.0. The molecule has 0 bridgehead atoms. The maximum atomic E-state index is 3.54. The van der Waals surface area contributed by atoms with Crippen molar-refractivity contribution in [1.82, 2.24) is 0 Å². The summed E-state index contributed by atoms with van der Waals surface area (Å²) in [5.74, 6) is 0.550. The van der Waals surface area contributed by atoms with E-state index in [1.54, 1.807) is 5.57 Å². The third kappa shape index (κ3) is 8.99. The third-order valence-electron chi connectivity index (χ3n) is 8.78. The van der Waals surface area contributed by atoms with E-state index in [1.807, 2.05) is 6.07 Å². The molecule has 0 aliphatic heterocycles. The number of halogens is 2. The van der Waals surface area contributed by atoms with Gasteiger partial charge in [-0.15, -0.1) is 11.1 Å². The quantitative estimate of drug-likeness (QED) is 0.286. The largest absolute Gasteiger partial charge is 1.00 e. The van der Waals surface area contributed by atoms with E-state index in [1.165, 1.54) is 110 Å². The Kier molecular flexibility index (Phi) is 13.7. The standard InChI is InChI=1S/C17H17.C13H19.C8H8.2ClH.Zr/c1-10-5-14-9-15-6-11(2)13(4)8-17(15)16(14)7-12(10)3;1-11-6-7-12(10-11)13(2)8-4-3-5-9-13;1-2-8-6-4-3-5-7-8;;;/h5,7-8H,9H2,1-4H3;7,10-11H,3-5,8-9H2,1-2H3;3-7H,1H3;2*1H;/q2*-1;;;;+2/p-2. The maximum Gasteiger partial charge on any atom is -0.0253 e. The molecule has 0 radical (unpaired) electrons. The maximum absolute atomic E-state index is 3.54.